The highest BCUT2D eigenvalue weighted by molar-refractivity contribution is 9.10. The molecule has 14 heavy (non-hydrogen) atoms. The lowest BCUT2D eigenvalue weighted by molar-refractivity contribution is -0.133. The quantitative estimate of drug-likeness (QED) is 0.328. The molecule has 0 N–H and O–H groups in total. The lowest BCUT2D eigenvalue weighted by Gasteiger charge is -2.17. The maximum absolute atomic E-state index is 11.6. The van der Waals surface area contributed by atoms with Crippen molar-refractivity contribution >= 4 is 61.3 Å². The third-order valence-corrected chi connectivity index (χ3v) is 3.50. The van der Waals surface area contributed by atoms with Gasteiger partial charge in [-0.3, -0.25) is 14.4 Å². The molecule has 2 unspecified atom stereocenters. The summed E-state index contributed by atoms with van der Waals surface area (Å²) in [5.74, 6) is -1.73. The SMILES string of the molecule is CC(Br)C(=O)C1(Cl)CC(=O)N(Br)C1=O. The molecule has 0 aliphatic carbocycles. The van der Waals surface area contributed by atoms with Gasteiger partial charge in [-0.2, -0.15) is 0 Å². The summed E-state index contributed by atoms with van der Waals surface area (Å²) in [6.45, 7) is 1.56. The minimum absolute atomic E-state index is 0.298. The van der Waals surface area contributed by atoms with Crippen molar-refractivity contribution < 1.29 is 14.4 Å². The fourth-order valence-corrected chi connectivity index (χ4v) is 2.55. The van der Waals surface area contributed by atoms with Crippen molar-refractivity contribution in [2.75, 3.05) is 0 Å². The van der Waals surface area contributed by atoms with Gasteiger partial charge >= 0.3 is 0 Å². The molecule has 1 saturated heterocycles. The Morgan fingerprint density at radius 3 is 2.43 bits per heavy atom. The Balaban J connectivity index is 3.03. The largest absolute Gasteiger partial charge is 0.296 e. The maximum Gasteiger partial charge on any atom is 0.268 e. The van der Waals surface area contributed by atoms with E-state index in [4.69, 9.17) is 11.6 Å². The van der Waals surface area contributed by atoms with Gasteiger partial charge in [-0.25, -0.2) is 3.93 Å². The van der Waals surface area contributed by atoms with E-state index in [1.807, 2.05) is 0 Å². The van der Waals surface area contributed by atoms with Gasteiger partial charge < -0.3 is 0 Å². The fourth-order valence-electron chi connectivity index (χ4n) is 1.13. The second-order valence-corrected chi connectivity index (χ2v) is 5.67. The number of carbonyl (C=O) groups is 3. The number of ketones is 1. The molecular weight excluding hydrogens is 341 g/mol. The molecule has 0 saturated carbocycles. The first-order valence-electron chi connectivity index (χ1n) is 3.71. The molecule has 0 aromatic rings. The first kappa shape index (κ1) is 12.1. The molecule has 2 atom stereocenters. The van der Waals surface area contributed by atoms with Crippen LogP contribution in [0.15, 0.2) is 0 Å². The molecule has 1 rings (SSSR count). The molecule has 1 aliphatic heterocycles. The predicted octanol–water partition coefficient (Wildman–Crippen LogP) is 1.39. The highest BCUT2D eigenvalue weighted by Crippen LogP contribution is 2.35. The number of hydrogen-bond acceptors (Lipinski definition) is 3. The first-order chi connectivity index (χ1) is 6.30. The maximum atomic E-state index is 11.6. The zero-order valence-corrected chi connectivity index (χ0v) is 11.0. The van der Waals surface area contributed by atoms with Crippen LogP contribution < -0.4 is 0 Å². The highest BCUT2D eigenvalue weighted by Gasteiger charge is 2.55. The molecule has 0 spiro atoms. The lowest BCUT2D eigenvalue weighted by Crippen LogP contribution is -2.43. The van der Waals surface area contributed by atoms with Crippen molar-refractivity contribution in [2.24, 2.45) is 0 Å². The Labute approximate surface area is 102 Å². The van der Waals surface area contributed by atoms with E-state index in [0.717, 1.165) is 0 Å². The zero-order valence-electron chi connectivity index (χ0n) is 7.09. The summed E-state index contributed by atoms with van der Waals surface area (Å²) in [6, 6.07) is 0. The number of amides is 2. The van der Waals surface area contributed by atoms with Crippen LogP contribution in [0.5, 0.6) is 0 Å². The molecule has 0 aromatic heterocycles. The van der Waals surface area contributed by atoms with E-state index in [2.05, 4.69) is 32.1 Å². The van der Waals surface area contributed by atoms with Gasteiger partial charge in [0.05, 0.1) is 27.4 Å². The summed E-state index contributed by atoms with van der Waals surface area (Å²) in [7, 11) is 0. The molecule has 1 heterocycles. The molecule has 1 fully saturated rings. The first-order valence-corrected chi connectivity index (χ1v) is 5.71. The molecule has 0 aromatic carbocycles. The number of nitrogens with zero attached hydrogens (tertiary/aromatic N) is 1. The normalized spacial score (nSPS) is 29.6. The summed E-state index contributed by atoms with van der Waals surface area (Å²) in [6.07, 6.45) is -0.298. The van der Waals surface area contributed by atoms with Crippen LogP contribution in [-0.2, 0) is 14.4 Å². The second kappa shape index (κ2) is 3.90. The minimum Gasteiger partial charge on any atom is -0.296 e. The second-order valence-electron chi connectivity index (χ2n) is 2.94. The Bertz CT molecular complexity index is 320. The number of rotatable bonds is 2. The minimum atomic E-state index is -1.75. The Kier molecular flexibility index (Phi) is 3.38. The van der Waals surface area contributed by atoms with Crippen molar-refractivity contribution in [3.8, 4) is 0 Å². The molecule has 0 radical (unpaired) electrons. The van der Waals surface area contributed by atoms with Gasteiger partial charge in [0.1, 0.15) is 0 Å². The number of halogens is 3. The van der Waals surface area contributed by atoms with Gasteiger partial charge in [-0.15, -0.1) is 0 Å². The molecule has 7 heteroatoms. The van der Waals surface area contributed by atoms with Crippen LogP contribution in [0.4, 0.5) is 0 Å². The van der Waals surface area contributed by atoms with Gasteiger partial charge in [0, 0.05) is 0 Å². The molecule has 78 valence electrons. The van der Waals surface area contributed by atoms with Gasteiger partial charge in [0.15, 0.2) is 10.7 Å². The van der Waals surface area contributed by atoms with Crippen molar-refractivity contribution in [1.29, 1.82) is 0 Å². The summed E-state index contributed by atoms with van der Waals surface area (Å²) in [5, 5.41) is 0. The fraction of sp³-hybridized carbons (Fsp3) is 0.571. The summed E-state index contributed by atoms with van der Waals surface area (Å²) in [5.41, 5.74) is 0. The molecule has 4 nitrogen and oxygen atoms in total. The number of Topliss-reactive ketones (excluding diaryl/α,β-unsaturated/α-hetero) is 1. The lowest BCUT2D eigenvalue weighted by atomic mass is 9.99. The van der Waals surface area contributed by atoms with Gasteiger partial charge in [-0.05, 0) is 6.92 Å². The van der Waals surface area contributed by atoms with Crippen LogP contribution in [0, 0.1) is 0 Å². The van der Waals surface area contributed by atoms with Crippen molar-refractivity contribution in [3.05, 3.63) is 0 Å². The van der Waals surface area contributed by atoms with Crippen LogP contribution in [0.1, 0.15) is 13.3 Å². The monoisotopic (exact) mass is 345 g/mol. The van der Waals surface area contributed by atoms with Crippen molar-refractivity contribution in [2.45, 2.75) is 23.0 Å². The summed E-state index contributed by atoms with van der Waals surface area (Å²) >= 11 is 11.6. The van der Waals surface area contributed by atoms with E-state index in [1.54, 1.807) is 6.92 Å². The standard InChI is InChI=1S/C7H6Br2ClNO3/c1-3(8)5(13)7(10)2-4(12)11(9)6(7)14/h3H,2H2,1H3. The van der Waals surface area contributed by atoms with E-state index in [-0.39, 0.29) is 6.42 Å². The zero-order chi connectivity index (χ0) is 11.1. The van der Waals surface area contributed by atoms with E-state index < -0.39 is 27.3 Å². The van der Waals surface area contributed by atoms with Crippen LogP contribution in [0.25, 0.3) is 0 Å². The smallest absolute Gasteiger partial charge is 0.268 e. The van der Waals surface area contributed by atoms with Crippen LogP contribution >= 0.6 is 43.7 Å². The number of carbonyl (C=O) groups excluding carboxylic acids is 3. The number of hydrogen-bond donors (Lipinski definition) is 0. The Hall–Kier alpha value is 0.0600. The Morgan fingerprint density at radius 1 is 1.64 bits per heavy atom. The van der Waals surface area contributed by atoms with Gasteiger partial charge in [0.25, 0.3) is 5.91 Å². The van der Waals surface area contributed by atoms with Crippen LogP contribution in [0.2, 0.25) is 0 Å². The van der Waals surface area contributed by atoms with E-state index >= 15 is 0 Å². The highest BCUT2D eigenvalue weighted by atomic mass is 79.9. The van der Waals surface area contributed by atoms with Crippen LogP contribution in [0.3, 0.4) is 0 Å². The molecule has 2 amide bonds. The predicted molar refractivity (Wildman–Crippen MR) is 57.4 cm³/mol. The average Bonchev–Trinajstić information content (AvgIpc) is 2.30. The average molecular weight is 347 g/mol. The van der Waals surface area contributed by atoms with Gasteiger partial charge in [0.2, 0.25) is 5.91 Å². The summed E-state index contributed by atoms with van der Waals surface area (Å²) in [4.78, 5) is 31.9. The Morgan fingerprint density at radius 2 is 2.14 bits per heavy atom. The number of alkyl halides is 2. The third kappa shape index (κ3) is 1.75. The topological polar surface area (TPSA) is 54.5 Å². The molecular formula is C7H6Br2ClNO3. The van der Waals surface area contributed by atoms with E-state index in [9.17, 15) is 14.4 Å². The number of imide groups is 1. The van der Waals surface area contributed by atoms with E-state index in [1.165, 1.54) is 0 Å². The summed E-state index contributed by atoms with van der Waals surface area (Å²) < 4.78 is 0.702. The molecule has 0 bridgehead atoms. The van der Waals surface area contributed by atoms with Crippen molar-refractivity contribution in [1.82, 2.24) is 3.93 Å². The van der Waals surface area contributed by atoms with Crippen molar-refractivity contribution in [3.63, 3.8) is 0 Å². The van der Waals surface area contributed by atoms with Gasteiger partial charge in [-0.1, -0.05) is 27.5 Å². The molecule has 1 aliphatic rings. The van der Waals surface area contributed by atoms with Crippen LogP contribution in [-0.4, -0.2) is 31.2 Å². The third-order valence-electron chi connectivity index (χ3n) is 1.88. The van der Waals surface area contributed by atoms with E-state index in [0.29, 0.717) is 3.93 Å².